The standard InChI is InChI=1S/C24H28N2O4S/c1-13-18(14-9-11-15(12-10-14)24(2,3)4)19(20(25)27)22(31-13)26-21(28)16-7-5-6-8-17(16)23(29)30/h5-6,9-12,16-17H,7-8H2,1-4H3,(H2,25,27)(H,26,28)(H,29,30)/t16-,17-/m1/s1. The Morgan fingerprint density at radius 3 is 2.16 bits per heavy atom. The number of nitrogens with one attached hydrogen (secondary N) is 1. The maximum Gasteiger partial charge on any atom is 0.307 e. The summed E-state index contributed by atoms with van der Waals surface area (Å²) in [5.41, 5.74) is 8.69. The number of carbonyl (C=O) groups is 3. The van der Waals surface area contributed by atoms with Gasteiger partial charge in [-0.1, -0.05) is 57.2 Å². The molecule has 0 saturated heterocycles. The highest BCUT2D eigenvalue weighted by atomic mass is 32.1. The minimum Gasteiger partial charge on any atom is -0.481 e. The number of hydrogen-bond acceptors (Lipinski definition) is 4. The Bertz CT molecular complexity index is 1040. The highest BCUT2D eigenvalue weighted by molar-refractivity contribution is 7.17. The number of hydrogen-bond donors (Lipinski definition) is 3. The Balaban J connectivity index is 1.96. The lowest BCUT2D eigenvalue weighted by molar-refractivity contribution is -0.146. The maximum absolute atomic E-state index is 12.9. The molecular weight excluding hydrogens is 412 g/mol. The zero-order chi connectivity index (χ0) is 22.9. The van der Waals surface area contributed by atoms with Crippen LogP contribution >= 0.6 is 11.3 Å². The molecule has 1 aliphatic carbocycles. The molecule has 1 aromatic heterocycles. The molecule has 0 bridgehead atoms. The molecule has 2 atom stereocenters. The summed E-state index contributed by atoms with van der Waals surface area (Å²) in [5.74, 6) is -3.52. The van der Waals surface area contributed by atoms with E-state index in [0.29, 0.717) is 23.4 Å². The third-order valence-electron chi connectivity index (χ3n) is 5.69. The van der Waals surface area contributed by atoms with Gasteiger partial charge in [0, 0.05) is 10.4 Å². The van der Waals surface area contributed by atoms with Crippen molar-refractivity contribution in [2.45, 2.75) is 46.0 Å². The first kappa shape index (κ1) is 22.7. The van der Waals surface area contributed by atoms with Crippen LogP contribution in [0.1, 0.15) is 54.4 Å². The van der Waals surface area contributed by atoms with Crippen LogP contribution in [0, 0.1) is 18.8 Å². The molecule has 0 unspecified atom stereocenters. The monoisotopic (exact) mass is 440 g/mol. The zero-order valence-electron chi connectivity index (χ0n) is 18.2. The number of aryl methyl sites for hydroxylation is 1. The summed E-state index contributed by atoms with van der Waals surface area (Å²) in [4.78, 5) is 37.7. The lowest BCUT2D eigenvalue weighted by Gasteiger charge is -2.24. The van der Waals surface area contributed by atoms with Gasteiger partial charge in [0.05, 0.1) is 17.4 Å². The average molecular weight is 441 g/mol. The lowest BCUT2D eigenvalue weighted by Crippen LogP contribution is -2.35. The number of rotatable bonds is 5. The number of carboxylic acid groups (broad SMARTS) is 1. The van der Waals surface area contributed by atoms with E-state index >= 15 is 0 Å². The fourth-order valence-corrected chi connectivity index (χ4v) is 5.02. The smallest absolute Gasteiger partial charge is 0.307 e. The number of benzene rings is 1. The van der Waals surface area contributed by atoms with Crippen LogP contribution in [-0.2, 0) is 15.0 Å². The molecule has 0 spiro atoms. The number of carboxylic acids is 1. The summed E-state index contributed by atoms with van der Waals surface area (Å²) in [6.45, 7) is 8.27. The molecule has 0 aliphatic heterocycles. The second-order valence-electron chi connectivity index (χ2n) is 8.91. The quantitative estimate of drug-likeness (QED) is 0.584. The molecule has 0 saturated carbocycles. The first-order valence-corrected chi connectivity index (χ1v) is 11.0. The second kappa shape index (κ2) is 8.67. The Hall–Kier alpha value is -2.93. The van der Waals surface area contributed by atoms with Gasteiger partial charge in [0.15, 0.2) is 0 Å². The lowest BCUT2D eigenvalue weighted by atomic mass is 9.82. The van der Waals surface area contributed by atoms with Gasteiger partial charge >= 0.3 is 5.97 Å². The van der Waals surface area contributed by atoms with Gasteiger partial charge < -0.3 is 16.2 Å². The van der Waals surface area contributed by atoms with Crippen molar-refractivity contribution < 1.29 is 19.5 Å². The number of carbonyl (C=O) groups excluding carboxylic acids is 2. The summed E-state index contributed by atoms with van der Waals surface area (Å²) in [7, 11) is 0. The van der Waals surface area contributed by atoms with Crippen molar-refractivity contribution in [3.63, 3.8) is 0 Å². The van der Waals surface area contributed by atoms with E-state index < -0.39 is 29.6 Å². The Labute approximate surface area is 186 Å². The maximum atomic E-state index is 12.9. The van der Waals surface area contributed by atoms with Gasteiger partial charge in [0.2, 0.25) is 5.91 Å². The molecule has 1 aliphatic rings. The number of thiophene rings is 1. The van der Waals surface area contributed by atoms with Crippen LogP contribution in [0.25, 0.3) is 11.1 Å². The minimum absolute atomic E-state index is 0.00297. The molecular formula is C24H28N2O4S. The van der Waals surface area contributed by atoms with Crippen molar-refractivity contribution in [2.24, 2.45) is 17.6 Å². The highest BCUT2D eigenvalue weighted by Crippen LogP contribution is 2.41. The van der Waals surface area contributed by atoms with Crippen LogP contribution in [0.15, 0.2) is 36.4 Å². The average Bonchev–Trinajstić information content (AvgIpc) is 3.03. The largest absolute Gasteiger partial charge is 0.481 e. The number of primary amides is 1. The van der Waals surface area contributed by atoms with Crippen LogP contribution in [0.5, 0.6) is 0 Å². The Morgan fingerprint density at radius 1 is 1.06 bits per heavy atom. The van der Waals surface area contributed by atoms with Gasteiger partial charge in [0.1, 0.15) is 5.00 Å². The van der Waals surface area contributed by atoms with Crippen LogP contribution in [0.3, 0.4) is 0 Å². The van der Waals surface area contributed by atoms with Gasteiger partial charge in [-0.15, -0.1) is 11.3 Å². The van der Waals surface area contributed by atoms with Crippen LogP contribution in [0.4, 0.5) is 5.00 Å². The van der Waals surface area contributed by atoms with Gasteiger partial charge in [0.25, 0.3) is 5.91 Å². The van der Waals surface area contributed by atoms with E-state index in [-0.39, 0.29) is 11.0 Å². The van der Waals surface area contributed by atoms with E-state index in [1.165, 1.54) is 16.9 Å². The first-order valence-electron chi connectivity index (χ1n) is 10.2. The molecule has 6 nitrogen and oxygen atoms in total. The van der Waals surface area contributed by atoms with E-state index in [9.17, 15) is 19.5 Å². The first-order chi connectivity index (χ1) is 14.5. The normalized spacial score (nSPS) is 18.6. The van der Waals surface area contributed by atoms with E-state index in [2.05, 4.69) is 26.1 Å². The number of nitrogens with two attached hydrogens (primary N) is 1. The summed E-state index contributed by atoms with van der Waals surface area (Å²) in [6, 6.07) is 7.97. The third kappa shape index (κ3) is 4.71. The van der Waals surface area contributed by atoms with Crippen LogP contribution in [-0.4, -0.2) is 22.9 Å². The summed E-state index contributed by atoms with van der Waals surface area (Å²) in [6.07, 6.45) is 4.26. The number of allylic oxidation sites excluding steroid dienone is 2. The molecule has 4 N–H and O–H groups in total. The van der Waals surface area contributed by atoms with Crippen molar-refractivity contribution in [1.82, 2.24) is 0 Å². The molecule has 3 rings (SSSR count). The van der Waals surface area contributed by atoms with Crippen molar-refractivity contribution in [2.75, 3.05) is 5.32 Å². The Morgan fingerprint density at radius 2 is 1.65 bits per heavy atom. The second-order valence-corrected chi connectivity index (χ2v) is 10.1. The molecule has 2 amide bonds. The number of aliphatic carboxylic acids is 1. The van der Waals surface area contributed by atoms with Gasteiger partial charge in [-0.25, -0.2) is 0 Å². The van der Waals surface area contributed by atoms with Gasteiger partial charge in [-0.05, 0) is 36.3 Å². The molecule has 31 heavy (non-hydrogen) atoms. The molecule has 1 heterocycles. The molecule has 7 heteroatoms. The minimum atomic E-state index is -0.999. The SMILES string of the molecule is Cc1sc(NC(=O)[C@@H]2CC=CC[C@H]2C(=O)O)c(C(N)=O)c1-c1ccc(C(C)(C)C)cc1. The summed E-state index contributed by atoms with van der Waals surface area (Å²) in [5, 5.41) is 12.6. The molecule has 1 aromatic carbocycles. The van der Waals surface area contributed by atoms with Gasteiger partial charge in [-0.3, -0.25) is 14.4 Å². The predicted octanol–water partition coefficient (Wildman–Crippen LogP) is 4.73. The van der Waals surface area contributed by atoms with Gasteiger partial charge in [-0.2, -0.15) is 0 Å². The number of anilines is 1. The molecule has 0 radical (unpaired) electrons. The molecule has 2 aromatic rings. The van der Waals surface area contributed by atoms with Crippen molar-refractivity contribution in [3.8, 4) is 11.1 Å². The number of amides is 2. The zero-order valence-corrected chi connectivity index (χ0v) is 19.0. The highest BCUT2D eigenvalue weighted by Gasteiger charge is 2.35. The van der Waals surface area contributed by atoms with Crippen molar-refractivity contribution in [1.29, 1.82) is 0 Å². The fourth-order valence-electron chi connectivity index (χ4n) is 3.93. The van der Waals surface area contributed by atoms with E-state index in [1.54, 1.807) is 6.08 Å². The van der Waals surface area contributed by atoms with Crippen LogP contribution < -0.4 is 11.1 Å². The Kier molecular flexibility index (Phi) is 6.36. The third-order valence-corrected chi connectivity index (χ3v) is 6.71. The van der Waals surface area contributed by atoms with Crippen molar-refractivity contribution in [3.05, 3.63) is 52.4 Å². The fraction of sp³-hybridized carbons (Fsp3) is 0.375. The van der Waals surface area contributed by atoms with E-state index in [4.69, 9.17) is 5.73 Å². The van der Waals surface area contributed by atoms with E-state index in [1.807, 2.05) is 37.3 Å². The van der Waals surface area contributed by atoms with E-state index in [0.717, 1.165) is 10.4 Å². The van der Waals surface area contributed by atoms with Crippen LogP contribution in [0.2, 0.25) is 0 Å². The summed E-state index contributed by atoms with van der Waals surface area (Å²) < 4.78 is 0. The summed E-state index contributed by atoms with van der Waals surface area (Å²) >= 11 is 1.28. The topological polar surface area (TPSA) is 109 Å². The molecule has 164 valence electrons. The molecule has 0 fully saturated rings. The predicted molar refractivity (Wildman–Crippen MR) is 123 cm³/mol. The van der Waals surface area contributed by atoms with Crippen molar-refractivity contribution >= 4 is 34.1 Å².